The van der Waals surface area contributed by atoms with Crippen LogP contribution in [0.15, 0.2) is 64.1 Å². The summed E-state index contributed by atoms with van der Waals surface area (Å²) in [5.74, 6) is 1.99. The molecule has 0 fully saturated rings. The molecule has 7 heteroatoms. The molecule has 1 aromatic heterocycles. The van der Waals surface area contributed by atoms with E-state index >= 15 is 0 Å². The number of aryl methyl sites for hydroxylation is 1. The summed E-state index contributed by atoms with van der Waals surface area (Å²) in [4.78, 5) is 11.8. The summed E-state index contributed by atoms with van der Waals surface area (Å²) in [5.41, 5.74) is 3.22. The van der Waals surface area contributed by atoms with E-state index in [1.165, 1.54) is 7.11 Å². The molecule has 0 unspecified atom stereocenters. The molecular formula is C23H19ClN2O4. The van der Waals surface area contributed by atoms with Crippen LogP contribution in [0.1, 0.15) is 51.7 Å². The summed E-state index contributed by atoms with van der Waals surface area (Å²) >= 11 is 6.26. The number of hydrazone groups is 1. The molecule has 152 valence electrons. The van der Waals surface area contributed by atoms with E-state index in [0.717, 1.165) is 34.1 Å². The van der Waals surface area contributed by atoms with Gasteiger partial charge in [-0.25, -0.2) is 9.80 Å². The highest BCUT2D eigenvalue weighted by molar-refractivity contribution is 6.30. The molecule has 0 bridgehead atoms. The van der Waals surface area contributed by atoms with Gasteiger partial charge in [-0.1, -0.05) is 23.7 Å². The Kier molecular flexibility index (Phi) is 4.51. The molecule has 5 rings (SSSR count). The Morgan fingerprint density at radius 1 is 1.17 bits per heavy atom. The maximum absolute atomic E-state index is 11.8. The van der Waals surface area contributed by atoms with E-state index in [2.05, 4.69) is 0 Å². The third kappa shape index (κ3) is 3.13. The molecule has 3 heterocycles. The monoisotopic (exact) mass is 422 g/mol. The summed E-state index contributed by atoms with van der Waals surface area (Å²) in [6, 6.07) is 16.7. The maximum atomic E-state index is 11.8. The molecule has 30 heavy (non-hydrogen) atoms. The van der Waals surface area contributed by atoms with Gasteiger partial charge < -0.3 is 13.9 Å². The minimum absolute atomic E-state index is 0.0295. The van der Waals surface area contributed by atoms with Crippen molar-refractivity contribution in [3.63, 3.8) is 0 Å². The number of hydrogen-bond donors (Lipinski definition) is 0. The highest BCUT2D eigenvalue weighted by Crippen LogP contribution is 2.48. The smallest absolute Gasteiger partial charge is 0.337 e. The van der Waals surface area contributed by atoms with Crippen molar-refractivity contribution in [2.45, 2.75) is 25.6 Å². The summed E-state index contributed by atoms with van der Waals surface area (Å²) in [6.45, 7) is 1.91. The van der Waals surface area contributed by atoms with Crippen LogP contribution in [0.4, 0.5) is 0 Å². The molecule has 0 amide bonds. The van der Waals surface area contributed by atoms with Gasteiger partial charge in [-0.05, 0) is 49.4 Å². The number of esters is 1. The fraction of sp³-hybridized carbons (Fsp3) is 0.217. The molecule has 0 N–H and O–H groups in total. The van der Waals surface area contributed by atoms with E-state index in [9.17, 15) is 4.79 Å². The van der Waals surface area contributed by atoms with Gasteiger partial charge in [0.1, 0.15) is 23.0 Å². The minimum Gasteiger partial charge on any atom is -0.465 e. The number of hydrogen-bond acceptors (Lipinski definition) is 6. The van der Waals surface area contributed by atoms with Crippen LogP contribution in [0, 0.1) is 6.92 Å². The number of methoxy groups -OCH3 is 1. The van der Waals surface area contributed by atoms with Gasteiger partial charge >= 0.3 is 5.97 Å². The number of nitrogens with zero attached hydrogens (tertiary/aromatic N) is 2. The average Bonchev–Trinajstić information content (AvgIpc) is 3.39. The predicted molar refractivity (Wildman–Crippen MR) is 112 cm³/mol. The van der Waals surface area contributed by atoms with E-state index < -0.39 is 6.23 Å². The predicted octanol–water partition coefficient (Wildman–Crippen LogP) is 5.27. The Balaban J connectivity index is 1.56. The van der Waals surface area contributed by atoms with Gasteiger partial charge in [0.25, 0.3) is 0 Å². The van der Waals surface area contributed by atoms with Gasteiger partial charge in [0, 0.05) is 22.6 Å². The molecule has 0 saturated carbocycles. The first-order chi connectivity index (χ1) is 14.5. The SMILES string of the molecule is COC(=O)c1ccc([C@H]2Oc3ccc(Cl)cc3[C@@H]3CC(c4ccc(C)o4)=NN23)cc1. The summed E-state index contributed by atoms with van der Waals surface area (Å²) in [7, 11) is 1.37. The van der Waals surface area contributed by atoms with Crippen molar-refractivity contribution in [2.75, 3.05) is 7.11 Å². The molecule has 2 aromatic carbocycles. The van der Waals surface area contributed by atoms with Gasteiger partial charge in [-0.2, -0.15) is 5.10 Å². The highest BCUT2D eigenvalue weighted by atomic mass is 35.5. The van der Waals surface area contributed by atoms with E-state index in [0.29, 0.717) is 17.0 Å². The fourth-order valence-electron chi connectivity index (χ4n) is 3.92. The second-order valence-corrected chi connectivity index (χ2v) is 7.76. The minimum atomic E-state index is -0.441. The van der Waals surface area contributed by atoms with E-state index in [-0.39, 0.29) is 12.0 Å². The third-order valence-electron chi connectivity index (χ3n) is 5.39. The van der Waals surface area contributed by atoms with Crippen molar-refractivity contribution in [2.24, 2.45) is 5.10 Å². The third-order valence-corrected chi connectivity index (χ3v) is 5.63. The standard InChI is InChI=1S/C23H19ClN2O4/c1-13-3-9-21(29-13)18-12-19-17-11-16(24)8-10-20(17)30-22(26(19)25-18)14-4-6-15(7-5-14)23(27)28-2/h3-11,19,22H,12H2,1-2H3/t19-,22+/m0/s1. The van der Waals surface area contributed by atoms with Gasteiger partial charge in [0.05, 0.1) is 18.7 Å². The second-order valence-electron chi connectivity index (χ2n) is 7.32. The van der Waals surface area contributed by atoms with E-state index in [1.807, 2.05) is 54.4 Å². The quantitative estimate of drug-likeness (QED) is 0.538. The summed E-state index contributed by atoms with van der Waals surface area (Å²) < 4.78 is 16.9. The van der Waals surface area contributed by atoms with Crippen molar-refractivity contribution in [3.8, 4) is 5.75 Å². The molecule has 2 atom stereocenters. The normalized spacial score (nSPS) is 19.6. The van der Waals surface area contributed by atoms with Crippen LogP contribution in [0.25, 0.3) is 0 Å². The Morgan fingerprint density at radius 3 is 2.67 bits per heavy atom. The number of carbonyl (C=O) groups excluding carboxylic acids is 1. The largest absolute Gasteiger partial charge is 0.465 e. The molecule has 2 aliphatic heterocycles. The van der Waals surface area contributed by atoms with Crippen LogP contribution in [0.2, 0.25) is 5.02 Å². The first kappa shape index (κ1) is 18.8. The molecular weight excluding hydrogens is 404 g/mol. The lowest BCUT2D eigenvalue weighted by molar-refractivity contribution is -0.0190. The fourth-order valence-corrected chi connectivity index (χ4v) is 4.10. The summed E-state index contributed by atoms with van der Waals surface area (Å²) in [6.07, 6.45) is 0.240. The van der Waals surface area contributed by atoms with Crippen molar-refractivity contribution in [1.29, 1.82) is 0 Å². The maximum Gasteiger partial charge on any atom is 0.337 e. The molecule has 0 spiro atoms. The van der Waals surface area contributed by atoms with Gasteiger partial charge in [0.15, 0.2) is 0 Å². The molecule has 6 nitrogen and oxygen atoms in total. The van der Waals surface area contributed by atoms with Gasteiger partial charge in [-0.3, -0.25) is 0 Å². The van der Waals surface area contributed by atoms with Crippen LogP contribution >= 0.6 is 11.6 Å². The second kappa shape index (κ2) is 7.22. The molecule has 2 aliphatic rings. The Morgan fingerprint density at radius 2 is 1.97 bits per heavy atom. The zero-order valence-electron chi connectivity index (χ0n) is 16.5. The molecule has 0 radical (unpaired) electrons. The number of benzene rings is 2. The van der Waals surface area contributed by atoms with E-state index in [4.69, 9.17) is 30.6 Å². The van der Waals surface area contributed by atoms with Crippen LogP contribution in [0.3, 0.4) is 0 Å². The molecule has 3 aromatic rings. The molecule has 0 aliphatic carbocycles. The average molecular weight is 423 g/mol. The van der Waals surface area contributed by atoms with Crippen molar-refractivity contribution in [3.05, 3.63) is 87.8 Å². The van der Waals surface area contributed by atoms with Crippen molar-refractivity contribution < 1.29 is 18.7 Å². The van der Waals surface area contributed by atoms with Crippen molar-refractivity contribution in [1.82, 2.24) is 5.01 Å². The van der Waals surface area contributed by atoms with Crippen LogP contribution in [-0.2, 0) is 4.74 Å². The zero-order chi connectivity index (χ0) is 20.8. The zero-order valence-corrected chi connectivity index (χ0v) is 17.2. The highest BCUT2D eigenvalue weighted by Gasteiger charge is 2.41. The Hall–Kier alpha value is -3.25. The topological polar surface area (TPSA) is 64.3 Å². The van der Waals surface area contributed by atoms with Crippen molar-refractivity contribution >= 4 is 23.3 Å². The number of halogens is 1. The Labute approximate surface area is 178 Å². The van der Waals surface area contributed by atoms with Crippen LogP contribution in [0.5, 0.6) is 5.75 Å². The van der Waals surface area contributed by atoms with Gasteiger partial charge in [0.2, 0.25) is 6.23 Å². The lowest BCUT2D eigenvalue weighted by Gasteiger charge is -2.38. The number of carbonyl (C=O) groups is 1. The molecule has 0 saturated heterocycles. The summed E-state index contributed by atoms with van der Waals surface area (Å²) in [5, 5.41) is 7.45. The van der Waals surface area contributed by atoms with Crippen LogP contribution in [-0.4, -0.2) is 23.8 Å². The number of rotatable bonds is 3. The lowest BCUT2D eigenvalue weighted by Crippen LogP contribution is -2.33. The Bertz CT molecular complexity index is 1150. The number of fused-ring (bicyclic) bond motifs is 3. The number of furan rings is 1. The lowest BCUT2D eigenvalue weighted by atomic mass is 9.97. The van der Waals surface area contributed by atoms with E-state index in [1.54, 1.807) is 12.1 Å². The first-order valence-electron chi connectivity index (χ1n) is 9.60. The van der Waals surface area contributed by atoms with Gasteiger partial charge in [-0.15, -0.1) is 0 Å². The first-order valence-corrected chi connectivity index (χ1v) is 9.98. The number of ether oxygens (including phenoxy) is 2. The van der Waals surface area contributed by atoms with Crippen LogP contribution < -0.4 is 4.74 Å².